The number of nitrogens with two attached hydrogens (primary N) is 1. The Bertz CT molecular complexity index is 906. The summed E-state index contributed by atoms with van der Waals surface area (Å²) in [5.74, 6) is 2.14. The number of rotatable bonds is 11. The molecule has 0 aliphatic carbocycles. The lowest BCUT2D eigenvalue weighted by molar-refractivity contribution is -0.665. The van der Waals surface area contributed by atoms with Crippen LogP contribution in [0.2, 0.25) is 0 Å². The molecule has 1 heterocycles. The van der Waals surface area contributed by atoms with E-state index in [0.29, 0.717) is 18.2 Å². The van der Waals surface area contributed by atoms with Crippen molar-refractivity contribution in [2.45, 2.75) is 51.8 Å². The van der Waals surface area contributed by atoms with Crippen molar-refractivity contribution in [3.63, 3.8) is 0 Å². The average molecular weight is 399 g/mol. The summed E-state index contributed by atoms with van der Waals surface area (Å²) in [6.07, 6.45) is 4.06. The molecule has 1 atom stereocenters. The van der Waals surface area contributed by atoms with Crippen LogP contribution in [0.5, 0.6) is 11.5 Å². The molecule has 3 N–H and O–H groups in total. The van der Waals surface area contributed by atoms with Crippen LogP contribution >= 0.6 is 0 Å². The number of unbranched alkanes of at least 4 members (excludes halogenated alkanes) is 3. The Balaban J connectivity index is 1.68. The number of nitrogen functional groups attached to an aromatic ring is 1. The first-order chi connectivity index (χ1) is 14.1. The number of imidazole rings is 1. The van der Waals surface area contributed by atoms with Crippen LogP contribution in [0.1, 0.15) is 32.6 Å². The molecule has 0 saturated carbocycles. The van der Waals surface area contributed by atoms with E-state index < -0.39 is 6.10 Å². The SMILES string of the molecule is CCCCCCn1c(N)[n+](C[C@@H](O)COc2ccc(OC)cc2)c2ccccc21. The van der Waals surface area contributed by atoms with Crippen LogP contribution in [0, 0.1) is 0 Å². The van der Waals surface area contributed by atoms with Gasteiger partial charge in [0.1, 0.15) is 41.8 Å². The van der Waals surface area contributed by atoms with Crippen LogP contribution in [0.15, 0.2) is 48.5 Å². The molecule has 0 aliphatic rings. The summed E-state index contributed by atoms with van der Waals surface area (Å²) in [5.41, 5.74) is 8.61. The van der Waals surface area contributed by atoms with Crippen molar-refractivity contribution in [1.82, 2.24) is 4.57 Å². The van der Waals surface area contributed by atoms with E-state index in [1.165, 1.54) is 19.3 Å². The number of hydrogen-bond acceptors (Lipinski definition) is 4. The van der Waals surface area contributed by atoms with E-state index in [4.69, 9.17) is 15.2 Å². The summed E-state index contributed by atoms with van der Waals surface area (Å²) in [6.45, 7) is 3.67. The summed E-state index contributed by atoms with van der Waals surface area (Å²) < 4.78 is 15.0. The number of aliphatic hydroxyl groups excluding tert-OH is 1. The Labute approximate surface area is 172 Å². The highest BCUT2D eigenvalue weighted by atomic mass is 16.5. The first-order valence-corrected chi connectivity index (χ1v) is 10.4. The van der Waals surface area contributed by atoms with E-state index in [2.05, 4.69) is 17.6 Å². The molecule has 6 heteroatoms. The van der Waals surface area contributed by atoms with Gasteiger partial charge in [-0.2, -0.15) is 0 Å². The van der Waals surface area contributed by atoms with Gasteiger partial charge in [0, 0.05) is 0 Å². The maximum absolute atomic E-state index is 10.6. The van der Waals surface area contributed by atoms with Crippen molar-refractivity contribution in [2.75, 3.05) is 19.5 Å². The minimum atomic E-state index is -0.677. The molecular formula is C23H32N3O3+. The molecule has 2 aromatic carbocycles. The maximum Gasteiger partial charge on any atom is 0.356 e. The third kappa shape index (κ3) is 5.21. The fourth-order valence-corrected chi connectivity index (χ4v) is 3.56. The molecule has 0 amide bonds. The number of nitrogens with zero attached hydrogens (tertiary/aromatic N) is 2. The van der Waals surface area contributed by atoms with Gasteiger partial charge < -0.3 is 14.6 Å². The normalized spacial score (nSPS) is 12.2. The third-order valence-electron chi connectivity index (χ3n) is 5.15. The fraction of sp³-hybridized carbons (Fsp3) is 0.435. The minimum absolute atomic E-state index is 0.189. The fourth-order valence-electron chi connectivity index (χ4n) is 3.56. The standard InChI is InChI=1S/C23H31N3O3/c1-3-4-5-8-15-25-21-9-6-7-10-22(21)26(23(25)24)16-18(27)17-29-20-13-11-19(28-2)12-14-20/h6-7,9-14,18,24,27H,3-5,8,15-17H2,1-2H3/p+1/t18-/m1/s1. The number of para-hydroxylation sites is 2. The van der Waals surface area contributed by atoms with Gasteiger partial charge in [0.2, 0.25) is 0 Å². The topological polar surface area (TPSA) is 73.5 Å². The molecule has 0 fully saturated rings. The Morgan fingerprint density at radius 3 is 2.48 bits per heavy atom. The van der Waals surface area contributed by atoms with Crippen LogP contribution < -0.4 is 19.8 Å². The van der Waals surface area contributed by atoms with Crippen molar-refractivity contribution in [3.05, 3.63) is 48.5 Å². The second kappa shape index (κ2) is 10.2. The van der Waals surface area contributed by atoms with Gasteiger partial charge in [-0.3, -0.25) is 5.73 Å². The van der Waals surface area contributed by atoms with E-state index in [1.807, 2.05) is 47.0 Å². The third-order valence-corrected chi connectivity index (χ3v) is 5.15. The number of aliphatic hydroxyl groups is 1. The van der Waals surface area contributed by atoms with E-state index in [0.717, 1.165) is 29.7 Å². The Kier molecular flexibility index (Phi) is 7.36. The van der Waals surface area contributed by atoms with Gasteiger partial charge in [0.05, 0.1) is 13.7 Å². The molecule has 0 unspecified atom stereocenters. The second-order valence-electron chi connectivity index (χ2n) is 7.31. The Morgan fingerprint density at radius 1 is 1.03 bits per heavy atom. The summed E-state index contributed by atoms with van der Waals surface area (Å²) in [5, 5.41) is 10.6. The number of benzene rings is 2. The van der Waals surface area contributed by atoms with Gasteiger partial charge in [0.15, 0.2) is 0 Å². The Morgan fingerprint density at radius 2 is 1.76 bits per heavy atom. The largest absolute Gasteiger partial charge is 0.497 e. The highest BCUT2D eigenvalue weighted by Gasteiger charge is 2.22. The highest BCUT2D eigenvalue weighted by molar-refractivity contribution is 5.73. The molecule has 1 aromatic heterocycles. The van der Waals surface area contributed by atoms with E-state index in [9.17, 15) is 5.11 Å². The van der Waals surface area contributed by atoms with Crippen molar-refractivity contribution < 1.29 is 19.1 Å². The molecule has 0 spiro atoms. The quantitative estimate of drug-likeness (QED) is 0.383. The highest BCUT2D eigenvalue weighted by Crippen LogP contribution is 2.19. The lowest BCUT2D eigenvalue weighted by atomic mass is 10.2. The van der Waals surface area contributed by atoms with Crippen LogP contribution in [-0.2, 0) is 13.1 Å². The van der Waals surface area contributed by atoms with Gasteiger partial charge in [-0.05, 0) is 42.8 Å². The zero-order valence-corrected chi connectivity index (χ0v) is 17.4. The van der Waals surface area contributed by atoms with E-state index in [1.54, 1.807) is 7.11 Å². The number of anilines is 1. The minimum Gasteiger partial charge on any atom is -0.497 e. The molecule has 156 valence electrons. The molecule has 0 saturated heterocycles. The lowest BCUT2D eigenvalue weighted by Crippen LogP contribution is -2.43. The first kappa shape index (κ1) is 21.0. The van der Waals surface area contributed by atoms with Gasteiger partial charge >= 0.3 is 5.95 Å². The van der Waals surface area contributed by atoms with Crippen LogP contribution in [0.3, 0.4) is 0 Å². The predicted octanol–water partition coefficient (Wildman–Crippen LogP) is 3.54. The van der Waals surface area contributed by atoms with Gasteiger partial charge in [-0.1, -0.05) is 38.3 Å². The predicted molar refractivity (Wildman–Crippen MR) is 115 cm³/mol. The summed E-state index contributed by atoms with van der Waals surface area (Å²) in [7, 11) is 1.63. The van der Waals surface area contributed by atoms with Crippen molar-refractivity contribution >= 4 is 17.0 Å². The number of ether oxygens (including phenoxy) is 2. The van der Waals surface area contributed by atoms with Crippen molar-refractivity contribution in [1.29, 1.82) is 0 Å². The zero-order chi connectivity index (χ0) is 20.6. The zero-order valence-electron chi connectivity index (χ0n) is 17.4. The molecule has 0 bridgehead atoms. The summed E-state index contributed by atoms with van der Waals surface area (Å²) in [4.78, 5) is 0. The van der Waals surface area contributed by atoms with E-state index >= 15 is 0 Å². The van der Waals surface area contributed by atoms with Crippen LogP contribution in [0.4, 0.5) is 5.95 Å². The molecule has 3 rings (SSSR count). The van der Waals surface area contributed by atoms with Gasteiger partial charge in [0.25, 0.3) is 0 Å². The summed E-state index contributed by atoms with van der Waals surface area (Å²) in [6, 6.07) is 15.5. The number of aryl methyl sites for hydroxylation is 1. The second-order valence-corrected chi connectivity index (χ2v) is 7.31. The molecule has 29 heavy (non-hydrogen) atoms. The monoisotopic (exact) mass is 398 g/mol. The number of fused-ring (bicyclic) bond motifs is 1. The van der Waals surface area contributed by atoms with Crippen molar-refractivity contribution in [3.8, 4) is 11.5 Å². The molecule has 0 radical (unpaired) electrons. The number of aromatic nitrogens is 2. The average Bonchev–Trinajstić information content (AvgIpc) is 3.01. The first-order valence-electron chi connectivity index (χ1n) is 10.4. The number of hydrogen-bond donors (Lipinski definition) is 2. The summed E-state index contributed by atoms with van der Waals surface area (Å²) >= 11 is 0. The van der Waals surface area contributed by atoms with E-state index in [-0.39, 0.29) is 6.61 Å². The Hall–Kier alpha value is -2.73. The molecular weight excluding hydrogens is 366 g/mol. The maximum atomic E-state index is 10.6. The van der Waals surface area contributed by atoms with Gasteiger partial charge in [-0.15, -0.1) is 0 Å². The smallest absolute Gasteiger partial charge is 0.356 e. The van der Waals surface area contributed by atoms with Gasteiger partial charge in [-0.25, -0.2) is 9.13 Å². The number of methoxy groups -OCH3 is 1. The molecule has 3 aromatic rings. The molecule has 6 nitrogen and oxygen atoms in total. The lowest BCUT2D eigenvalue weighted by Gasteiger charge is -2.12. The van der Waals surface area contributed by atoms with Crippen LogP contribution in [-0.4, -0.2) is 29.5 Å². The van der Waals surface area contributed by atoms with Crippen LogP contribution in [0.25, 0.3) is 11.0 Å². The van der Waals surface area contributed by atoms with Crippen molar-refractivity contribution in [2.24, 2.45) is 0 Å². The molecule has 0 aliphatic heterocycles.